The quantitative estimate of drug-likeness (QED) is 0.685. The lowest BCUT2D eigenvalue weighted by Gasteiger charge is -2.04. The van der Waals surface area contributed by atoms with E-state index in [0.29, 0.717) is 13.0 Å². The minimum Gasteiger partial charge on any atom is -0.490 e. The van der Waals surface area contributed by atoms with Crippen molar-refractivity contribution in [2.45, 2.75) is 26.7 Å². The molecule has 0 aliphatic rings. The van der Waals surface area contributed by atoms with Crippen molar-refractivity contribution in [1.82, 2.24) is 0 Å². The minimum absolute atomic E-state index is 0.230. The predicted molar refractivity (Wildman–Crippen MR) is 65.8 cm³/mol. The van der Waals surface area contributed by atoms with E-state index in [1.54, 1.807) is 6.92 Å². The van der Waals surface area contributed by atoms with Crippen LogP contribution >= 0.6 is 0 Å². The molecule has 1 aromatic carbocycles. The van der Waals surface area contributed by atoms with Crippen molar-refractivity contribution in [1.29, 1.82) is 0 Å². The van der Waals surface area contributed by atoms with Gasteiger partial charge in [0.2, 0.25) is 0 Å². The third-order valence-corrected chi connectivity index (χ3v) is 2.27. The molecular formula is C14H18O2. The van der Waals surface area contributed by atoms with E-state index in [1.165, 1.54) is 5.56 Å². The molecule has 16 heavy (non-hydrogen) atoms. The molecule has 0 aliphatic heterocycles. The van der Waals surface area contributed by atoms with E-state index in [2.05, 4.69) is 0 Å². The number of aryl methyl sites for hydroxylation is 1. The zero-order chi connectivity index (χ0) is 11.8. The lowest BCUT2D eigenvalue weighted by Crippen LogP contribution is -1.95. The first-order valence-corrected chi connectivity index (χ1v) is 5.54. The van der Waals surface area contributed by atoms with E-state index in [1.807, 2.05) is 43.3 Å². The third kappa shape index (κ3) is 4.78. The van der Waals surface area contributed by atoms with Crippen LogP contribution in [0.15, 0.2) is 36.4 Å². The first kappa shape index (κ1) is 12.5. The topological polar surface area (TPSA) is 26.3 Å². The highest BCUT2D eigenvalue weighted by molar-refractivity contribution is 5.75. The SMILES string of the molecule is C/C=C\COc1ccc(CCC(C)=O)cc1. The van der Waals surface area contributed by atoms with Crippen molar-refractivity contribution in [2.75, 3.05) is 6.61 Å². The van der Waals surface area contributed by atoms with Gasteiger partial charge in [0, 0.05) is 6.42 Å². The summed E-state index contributed by atoms with van der Waals surface area (Å²) in [5, 5.41) is 0. The van der Waals surface area contributed by atoms with Gasteiger partial charge >= 0.3 is 0 Å². The third-order valence-electron chi connectivity index (χ3n) is 2.27. The van der Waals surface area contributed by atoms with Gasteiger partial charge in [-0.05, 0) is 38.0 Å². The number of rotatable bonds is 6. The molecular weight excluding hydrogens is 200 g/mol. The van der Waals surface area contributed by atoms with Gasteiger partial charge in [0.1, 0.15) is 18.1 Å². The molecule has 0 fully saturated rings. The van der Waals surface area contributed by atoms with Gasteiger partial charge in [0.25, 0.3) is 0 Å². The van der Waals surface area contributed by atoms with Crippen LogP contribution in [0.5, 0.6) is 5.75 Å². The van der Waals surface area contributed by atoms with E-state index in [4.69, 9.17) is 4.74 Å². The van der Waals surface area contributed by atoms with Gasteiger partial charge in [-0.3, -0.25) is 0 Å². The maximum absolute atomic E-state index is 10.8. The van der Waals surface area contributed by atoms with Crippen LogP contribution in [0.4, 0.5) is 0 Å². The molecule has 2 nitrogen and oxygen atoms in total. The van der Waals surface area contributed by atoms with E-state index < -0.39 is 0 Å². The summed E-state index contributed by atoms with van der Waals surface area (Å²) in [6.45, 7) is 4.19. The fraction of sp³-hybridized carbons (Fsp3) is 0.357. The summed E-state index contributed by atoms with van der Waals surface area (Å²) in [6.07, 6.45) is 5.34. The van der Waals surface area contributed by atoms with Crippen LogP contribution in [0, 0.1) is 0 Å². The number of ether oxygens (including phenoxy) is 1. The second-order valence-electron chi connectivity index (χ2n) is 3.73. The zero-order valence-corrected chi connectivity index (χ0v) is 9.90. The number of hydrogen-bond donors (Lipinski definition) is 0. The van der Waals surface area contributed by atoms with E-state index in [-0.39, 0.29) is 5.78 Å². The maximum Gasteiger partial charge on any atom is 0.130 e. The number of benzene rings is 1. The largest absolute Gasteiger partial charge is 0.490 e. The minimum atomic E-state index is 0.230. The number of carbonyl (C=O) groups is 1. The molecule has 0 unspecified atom stereocenters. The van der Waals surface area contributed by atoms with Crippen LogP contribution in [-0.4, -0.2) is 12.4 Å². The molecule has 0 heterocycles. The lowest BCUT2D eigenvalue weighted by molar-refractivity contribution is -0.116. The molecule has 0 saturated carbocycles. The smallest absolute Gasteiger partial charge is 0.130 e. The molecule has 1 aromatic rings. The van der Waals surface area contributed by atoms with E-state index in [9.17, 15) is 4.79 Å². The molecule has 2 heteroatoms. The van der Waals surface area contributed by atoms with E-state index >= 15 is 0 Å². The predicted octanol–water partition coefficient (Wildman–Crippen LogP) is 3.16. The van der Waals surface area contributed by atoms with Crippen LogP contribution in [-0.2, 0) is 11.2 Å². The Morgan fingerprint density at radius 2 is 2.00 bits per heavy atom. The Balaban J connectivity index is 2.44. The monoisotopic (exact) mass is 218 g/mol. The molecule has 0 bridgehead atoms. The van der Waals surface area contributed by atoms with Crippen LogP contribution < -0.4 is 4.74 Å². The van der Waals surface area contributed by atoms with Crippen molar-refractivity contribution in [3.63, 3.8) is 0 Å². The normalized spacial score (nSPS) is 10.6. The molecule has 0 aliphatic carbocycles. The highest BCUT2D eigenvalue weighted by atomic mass is 16.5. The fourth-order valence-electron chi connectivity index (χ4n) is 1.31. The summed E-state index contributed by atoms with van der Waals surface area (Å²) in [4.78, 5) is 10.8. The molecule has 0 saturated heterocycles. The Bertz CT molecular complexity index is 350. The van der Waals surface area contributed by atoms with Crippen molar-refractivity contribution < 1.29 is 9.53 Å². The molecule has 1 rings (SSSR count). The summed E-state index contributed by atoms with van der Waals surface area (Å²) in [5.41, 5.74) is 1.17. The Hall–Kier alpha value is -1.57. The first-order valence-electron chi connectivity index (χ1n) is 5.54. The van der Waals surface area contributed by atoms with Crippen molar-refractivity contribution in [3.05, 3.63) is 42.0 Å². The molecule has 0 atom stereocenters. The molecule has 0 N–H and O–H groups in total. The molecule has 0 radical (unpaired) electrons. The second-order valence-corrected chi connectivity index (χ2v) is 3.73. The van der Waals surface area contributed by atoms with Gasteiger partial charge in [0.05, 0.1) is 0 Å². The van der Waals surface area contributed by atoms with Gasteiger partial charge in [-0.2, -0.15) is 0 Å². The van der Waals surface area contributed by atoms with Crippen molar-refractivity contribution in [3.8, 4) is 5.75 Å². The second kappa shape index (κ2) is 6.83. The van der Waals surface area contributed by atoms with Crippen LogP contribution in [0.2, 0.25) is 0 Å². The molecule has 86 valence electrons. The Morgan fingerprint density at radius 3 is 2.56 bits per heavy atom. The first-order chi connectivity index (χ1) is 7.72. The average Bonchev–Trinajstić information content (AvgIpc) is 2.28. The lowest BCUT2D eigenvalue weighted by atomic mass is 10.1. The summed E-state index contributed by atoms with van der Waals surface area (Å²) in [6, 6.07) is 7.90. The summed E-state index contributed by atoms with van der Waals surface area (Å²) < 4.78 is 5.47. The Morgan fingerprint density at radius 1 is 1.31 bits per heavy atom. The van der Waals surface area contributed by atoms with Crippen LogP contribution in [0.25, 0.3) is 0 Å². The number of hydrogen-bond acceptors (Lipinski definition) is 2. The molecule has 0 spiro atoms. The number of carbonyl (C=O) groups excluding carboxylic acids is 1. The number of ketones is 1. The van der Waals surface area contributed by atoms with Crippen LogP contribution in [0.1, 0.15) is 25.8 Å². The summed E-state index contributed by atoms with van der Waals surface area (Å²) in [5.74, 6) is 1.10. The molecule has 0 amide bonds. The highest BCUT2D eigenvalue weighted by Crippen LogP contribution is 2.13. The van der Waals surface area contributed by atoms with Gasteiger partial charge < -0.3 is 9.53 Å². The number of Topliss-reactive ketones (excluding diaryl/α,β-unsaturated/α-hetero) is 1. The maximum atomic E-state index is 10.8. The van der Waals surface area contributed by atoms with Crippen molar-refractivity contribution in [2.24, 2.45) is 0 Å². The van der Waals surface area contributed by atoms with E-state index in [0.717, 1.165) is 12.2 Å². The highest BCUT2D eigenvalue weighted by Gasteiger charge is 1.97. The Labute approximate surface area is 96.9 Å². The van der Waals surface area contributed by atoms with Gasteiger partial charge in [-0.25, -0.2) is 0 Å². The summed E-state index contributed by atoms with van der Waals surface area (Å²) >= 11 is 0. The zero-order valence-electron chi connectivity index (χ0n) is 9.90. The fourth-order valence-corrected chi connectivity index (χ4v) is 1.31. The standard InChI is InChI=1S/C14H18O2/c1-3-4-11-16-14-9-7-13(8-10-14)6-5-12(2)15/h3-4,7-10H,5-6,11H2,1-2H3/b4-3-. The van der Waals surface area contributed by atoms with Crippen molar-refractivity contribution >= 4 is 5.78 Å². The number of allylic oxidation sites excluding steroid dienone is 1. The average molecular weight is 218 g/mol. The van der Waals surface area contributed by atoms with Gasteiger partial charge in [-0.15, -0.1) is 0 Å². The summed E-state index contributed by atoms with van der Waals surface area (Å²) in [7, 11) is 0. The molecule has 0 aromatic heterocycles. The van der Waals surface area contributed by atoms with Gasteiger partial charge in [0.15, 0.2) is 0 Å². The Kier molecular flexibility index (Phi) is 5.34. The van der Waals surface area contributed by atoms with Crippen LogP contribution in [0.3, 0.4) is 0 Å². The van der Waals surface area contributed by atoms with Gasteiger partial charge in [-0.1, -0.05) is 24.3 Å².